The first kappa shape index (κ1) is 16.9. The van der Waals surface area contributed by atoms with Crippen LogP contribution in [-0.4, -0.2) is 29.5 Å². The fourth-order valence-electron chi connectivity index (χ4n) is 2.80. The molecule has 1 atom stereocenters. The average Bonchev–Trinajstić information content (AvgIpc) is 2.63. The van der Waals surface area contributed by atoms with Gasteiger partial charge in [-0.2, -0.15) is 0 Å². The van der Waals surface area contributed by atoms with Gasteiger partial charge in [-0.05, 0) is 48.7 Å². The Hall–Kier alpha value is -2.96. The number of rotatable bonds is 4. The number of urea groups is 1. The minimum atomic E-state index is -0.616. The van der Waals surface area contributed by atoms with Crippen LogP contribution in [0.5, 0.6) is 0 Å². The summed E-state index contributed by atoms with van der Waals surface area (Å²) in [5.74, 6) is -0.619. The van der Waals surface area contributed by atoms with Gasteiger partial charge in [-0.1, -0.05) is 6.07 Å². The molecule has 7 heteroatoms. The summed E-state index contributed by atoms with van der Waals surface area (Å²) in [5.41, 5.74) is 1.43. The molecule has 0 saturated carbocycles. The number of nitrogens with zero attached hydrogens (tertiary/aromatic N) is 2. The third kappa shape index (κ3) is 4.32. The van der Waals surface area contributed by atoms with Crippen molar-refractivity contribution in [3.63, 3.8) is 0 Å². The normalized spacial score (nSPS) is 17.2. The van der Waals surface area contributed by atoms with Crippen LogP contribution in [0.15, 0.2) is 48.8 Å². The van der Waals surface area contributed by atoms with E-state index in [1.54, 1.807) is 36.7 Å². The molecular formula is C18H19FN4O2. The molecule has 25 heavy (non-hydrogen) atoms. The van der Waals surface area contributed by atoms with Crippen molar-refractivity contribution < 1.29 is 14.0 Å². The lowest BCUT2D eigenvalue weighted by Crippen LogP contribution is -2.54. The van der Waals surface area contributed by atoms with Gasteiger partial charge in [0.1, 0.15) is 11.9 Å². The molecule has 0 radical (unpaired) electrons. The maximum absolute atomic E-state index is 13.4. The first-order chi connectivity index (χ1) is 12.1. The third-order valence-corrected chi connectivity index (χ3v) is 4.07. The molecular weight excluding hydrogens is 323 g/mol. The first-order valence-corrected chi connectivity index (χ1v) is 8.14. The molecule has 0 aliphatic carbocycles. The molecule has 0 spiro atoms. The molecule has 1 saturated heterocycles. The van der Waals surface area contributed by atoms with E-state index in [9.17, 15) is 14.0 Å². The number of carbonyl (C=O) groups excluding carboxylic acids is 2. The Labute approximate surface area is 145 Å². The molecule has 2 heterocycles. The van der Waals surface area contributed by atoms with Gasteiger partial charge in [0, 0.05) is 31.2 Å². The van der Waals surface area contributed by atoms with Gasteiger partial charge in [0.05, 0.1) is 0 Å². The monoisotopic (exact) mass is 342 g/mol. The molecule has 1 fully saturated rings. The molecule has 0 bridgehead atoms. The van der Waals surface area contributed by atoms with E-state index in [1.165, 1.54) is 17.0 Å². The second-order valence-corrected chi connectivity index (χ2v) is 5.85. The van der Waals surface area contributed by atoms with Crippen LogP contribution in [0.2, 0.25) is 0 Å². The standard InChI is InChI=1S/C18H19FN4O2/c19-14-3-1-4-15(11-14)23-10-2-5-16(17(23)24)22-18(25)21-12-13-6-8-20-9-7-13/h1,3-4,6-9,11,16H,2,5,10,12H2,(H2,21,22,25)/t16-/m0/s1. The second kappa shape index (κ2) is 7.74. The van der Waals surface area contributed by atoms with Crippen LogP contribution in [-0.2, 0) is 11.3 Å². The molecule has 1 aromatic heterocycles. The lowest BCUT2D eigenvalue weighted by Gasteiger charge is -2.32. The number of nitrogens with one attached hydrogen (secondary N) is 2. The van der Waals surface area contributed by atoms with Crippen LogP contribution in [0.4, 0.5) is 14.9 Å². The number of piperidine rings is 1. The van der Waals surface area contributed by atoms with E-state index in [0.29, 0.717) is 25.2 Å². The zero-order valence-electron chi connectivity index (χ0n) is 13.6. The van der Waals surface area contributed by atoms with Gasteiger partial charge < -0.3 is 15.5 Å². The minimum Gasteiger partial charge on any atom is -0.334 e. The number of pyridine rings is 1. The Bertz CT molecular complexity index is 754. The SMILES string of the molecule is O=C(NCc1ccncc1)N[C@H]1CCCN(c2cccc(F)c2)C1=O. The lowest BCUT2D eigenvalue weighted by atomic mass is 10.0. The highest BCUT2D eigenvalue weighted by Gasteiger charge is 2.30. The zero-order valence-corrected chi connectivity index (χ0v) is 13.6. The second-order valence-electron chi connectivity index (χ2n) is 5.85. The Kier molecular flexibility index (Phi) is 5.23. The number of halogens is 1. The molecule has 2 aromatic rings. The zero-order chi connectivity index (χ0) is 17.6. The fourth-order valence-corrected chi connectivity index (χ4v) is 2.80. The molecule has 2 N–H and O–H groups in total. The lowest BCUT2D eigenvalue weighted by molar-refractivity contribution is -0.121. The van der Waals surface area contributed by atoms with Gasteiger partial charge in [-0.15, -0.1) is 0 Å². The number of amides is 3. The number of aromatic nitrogens is 1. The summed E-state index contributed by atoms with van der Waals surface area (Å²) in [5, 5.41) is 5.42. The van der Waals surface area contributed by atoms with Crippen molar-refractivity contribution in [1.82, 2.24) is 15.6 Å². The summed E-state index contributed by atoms with van der Waals surface area (Å²) in [6, 6.07) is 8.49. The van der Waals surface area contributed by atoms with E-state index in [2.05, 4.69) is 15.6 Å². The smallest absolute Gasteiger partial charge is 0.315 e. The minimum absolute atomic E-state index is 0.226. The summed E-state index contributed by atoms with van der Waals surface area (Å²) in [4.78, 5) is 30.1. The maximum Gasteiger partial charge on any atom is 0.315 e. The third-order valence-electron chi connectivity index (χ3n) is 4.07. The van der Waals surface area contributed by atoms with E-state index in [0.717, 1.165) is 12.0 Å². The summed E-state index contributed by atoms with van der Waals surface area (Å²) in [7, 11) is 0. The van der Waals surface area contributed by atoms with Crippen molar-refractivity contribution >= 4 is 17.6 Å². The van der Waals surface area contributed by atoms with E-state index in [1.807, 2.05) is 0 Å². The summed E-state index contributed by atoms with van der Waals surface area (Å²) in [6.07, 6.45) is 4.60. The topological polar surface area (TPSA) is 74.3 Å². The number of hydrogen-bond donors (Lipinski definition) is 2. The number of carbonyl (C=O) groups is 2. The Balaban J connectivity index is 1.58. The van der Waals surface area contributed by atoms with Crippen LogP contribution in [0.1, 0.15) is 18.4 Å². The Morgan fingerprint density at radius 3 is 2.84 bits per heavy atom. The van der Waals surface area contributed by atoms with Gasteiger partial charge >= 0.3 is 6.03 Å². The quantitative estimate of drug-likeness (QED) is 0.895. The van der Waals surface area contributed by atoms with Crippen molar-refractivity contribution in [3.05, 3.63) is 60.2 Å². The van der Waals surface area contributed by atoms with Crippen molar-refractivity contribution in [1.29, 1.82) is 0 Å². The fraction of sp³-hybridized carbons (Fsp3) is 0.278. The van der Waals surface area contributed by atoms with E-state index in [-0.39, 0.29) is 5.91 Å². The van der Waals surface area contributed by atoms with Gasteiger partial charge in [-0.3, -0.25) is 9.78 Å². The highest BCUT2D eigenvalue weighted by molar-refractivity contribution is 5.99. The van der Waals surface area contributed by atoms with Crippen LogP contribution in [0.3, 0.4) is 0 Å². The number of benzene rings is 1. The highest BCUT2D eigenvalue weighted by atomic mass is 19.1. The van der Waals surface area contributed by atoms with Crippen LogP contribution in [0.25, 0.3) is 0 Å². The van der Waals surface area contributed by atoms with Gasteiger partial charge in [0.15, 0.2) is 0 Å². The van der Waals surface area contributed by atoms with E-state index >= 15 is 0 Å². The summed E-state index contributed by atoms with van der Waals surface area (Å²) in [6.45, 7) is 0.863. The van der Waals surface area contributed by atoms with Crippen LogP contribution < -0.4 is 15.5 Å². The number of hydrogen-bond acceptors (Lipinski definition) is 3. The molecule has 0 unspecified atom stereocenters. The van der Waals surface area contributed by atoms with Crippen LogP contribution in [0, 0.1) is 5.82 Å². The van der Waals surface area contributed by atoms with Crippen molar-refractivity contribution in [2.45, 2.75) is 25.4 Å². The van der Waals surface area contributed by atoms with Crippen molar-refractivity contribution in [2.75, 3.05) is 11.4 Å². The molecule has 1 aromatic carbocycles. The van der Waals surface area contributed by atoms with Gasteiger partial charge in [-0.25, -0.2) is 9.18 Å². The Morgan fingerprint density at radius 2 is 2.08 bits per heavy atom. The maximum atomic E-state index is 13.4. The Morgan fingerprint density at radius 1 is 1.28 bits per heavy atom. The van der Waals surface area contributed by atoms with Crippen molar-refractivity contribution in [2.24, 2.45) is 0 Å². The molecule has 3 amide bonds. The predicted octanol–water partition coefficient (Wildman–Crippen LogP) is 2.22. The van der Waals surface area contributed by atoms with Gasteiger partial charge in [0.2, 0.25) is 5.91 Å². The predicted molar refractivity (Wildman–Crippen MR) is 91.4 cm³/mol. The summed E-state index contributed by atoms with van der Waals surface area (Å²) >= 11 is 0. The molecule has 1 aliphatic rings. The van der Waals surface area contributed by atoms with E-state index < -0.39 is 17.9 Å². The molecule has 130 valence electrons. The molecule has 3 rings (SSSR count). The highest BCUT2D eigenvalue weighted by Crippen LogP contribution is 2.21. The summed E-state index contributed by atoms with van der Waals surface area (Å²) < 4.78 is 13.4. The van der Waals surface area contributed by atoms with Crippen molar-refractivity contribution in [3.8, 4) is 0 Å². The average molecular weight is 342 g/mol. The molecule has 1 aliphatic heterocycles. The first-order valence-electron chi connectivity index (χ1n) is 8.14. The van der Waals surface area contributed by atoms with E-state index in [4.69, 9.17) is 0 Å². The molecule has 6 nitrogen and oxygen atoms in total. The number of anilines is 1. The van der Waals surface area contributed by atoms with Crippen LogP contribution >= 0.6 is 0 Å². The largest absolute Gasteiger partial charge is 0.334 e. The van der Waals surface area contributed by atoms with Gasteiger partial charge in [0.25, 0.3) is 0 Å².